The Morgan fingerprint density at radius 2 is 1.74 bits per heavy atom. The number of nitrogen functional groups attached to an aromatic ring is 1. The van der Waals surface area contributed by atoms with Crippen molar-refractivity contribution in [1.29, 1.82) is 10.5 Å². The van der Waals surface area contributed by atoms with Gasteiger partial charge in [0.2, 0.25) is 0 Å². The molecule has 3 aromatic rings. The van der Waals surface area contributed by atoms with Gasteiger partial charge in [-0.3, -0.25) is 0 Å². The van der Waals surface area contributed by atoms with Gasteiger partial charge in [-0.05, 0) is 86.4 Å². The molecule has 0 saturated carbocycles. The van der Waals surface area contributed by atoms with Crippen LogP contribution in [0.5, 0.6) is 0 Å². The Morgan fingerprint density at radius 3 is 2.35 bits per heavy atom. The molecular formula is C25H20ClN5. The monoisotopic (exact) mass is 425 g/mol. The van der Waals surface area contributed by atoms with Crippen LogP contribution in [-0.4, -0.2) is 9.55 Å². The van der Waals surface area contributed by atoms with E-state index in [0.29, 0.717) is 21.9 Å². The number of aryl methyl sites for hydroxylation is 1. The van der Waals surface area contributed by atoms with E-state index in [2.05, 4.69) is 47.7 Å². The van der Waals surface area contributed by atoms with Crippen molar-refractivity contribution in [3.63, 3.8) is 0 Å². The fourth-order valence-corrected chi connectivity index (χ4v) is 4.40. The minimum Gasteiger partial charge on any atom is -0.383 e. The summed E-state index contributed by atoms with van der Waals surface area (Å²) in [5.41, 5.74) is 14.9. The Kier molecular flexibility index (Phi) is 4.93. The largest absolute Gasteiger partial charge is 0.383 e. The standard InChI is InChI=1S/C25H20ClN5/c1-13-9-17(16(4)31(13)19-7-5-18(26)6-8-19)10-20-14(2)21(11-27)24-23(20)15(3)22(12-28)25(29)30-24/h5-10H,1-4H3,(H2,29,30)/b20-10+. The van der Waals surface area contributed by atoms with Gasteiger partial charge < -0.3 is 10.3 Å². The van der Waals surface area contributed by atoms with Crippen LogP contribution in [0.4, 0.5) is 5.82 Å². The third-order valence-corrected chi connectivity index (χ3v) is 6.09. The van der Waals surface area contributed by atoms with E-state index in [4.69, 9.17) is 17.3 Å². The number of aromatic nitrogens is 2. The molecule has 0 radical (unpaired) electrons. The lowest BCUT2D eigenvalue weighted by Crippen LogP contribution is -2.03. The summed E-state index contributed by atoms with van der Waals surface area (Å²) in [6.45, 7) is 7.87. The molecule has 1 aliphatic rings. The molecule has 2 aromatic heterocycles. The van der Waals surface area contributed by atoms with Gasteiger partial charge in [0, 0.05) is 27.7 Å². The number of benzene rings is 1. The number of allylic oxidation sites excluding steroid dienone is 3. The van der Waals surface area contributed by atoms with Crippen molar-refractivity contribution in [3.8, 4) is 17.8 Å². The fraction of sp³-hybridized carbons (Fsp3) is 0.160. The summed E-state index contributed by atoms with van der Waals surface area (Å²) in [6.07, 6.45) is 2.07. The van der Waals surface area contributed by atoms with Gasteiger partial charge in [0.25, 0.3) is 0 Å². The second-order valence-electron chi connectivity index (χ2n) is 7.64. The maximum Gasteiger partial charge on any atom is 0.142 e. The Labute approximate surface area is 186 Å². The lowest BCUT2D eigenvalue weighted by molar-refractivity contribution is 0.964. The van der Waals surface area contributed by atoms with Crippen LogP contribution in [0.2, 0.25) is 5.02 Å². The van der Waals surface area contributed by atoms with E-state index in [1.807, 2.05) is 38.1 Å². The molecule has 2 N–H and O–H groups in total. The Morgan fingerprint density at radius 1 is 1.06 bits per heavy atom. The minimum atomic E-state index is 0.154. The number of nitrogens with two attached hydrogens (primary N) is 1. The molecule has 1 aliphatic carbocycles. The number of rotatable bonds is 2. The van der Waals surface area contributed by atoms with Crippen molar-refractivity contribution >= 4 is 34.6 Å². The van der Waals surface area contributed by atoms with Crippen molar-refractivity contribution in [1.82, 2.24) is 9.55 Å². The van der Waals surface area contributed by atoms with Gasteiger partial charge >= 0.3 is 0 Å². The van der Waals surface area contributed by atoms with Crippen LogP contribution in [0.3, 0.4) is 0 Å². The van der Waals surface area contributed by atoms with Crippen LogP contribution in [0.25, 0.3) is 22.9 Å². The summed E-state index contributed by atoms with van der Waals surface area (Å²) in [6, 6.07) is 14.2. The lowest BCUT2D eigenvalue weighted by atomic mass is 9.95. The third kappa shape index (κ3) is 3.11. The van der Waals surface area contributed by atoms with Gasteiger partial charge in [0.1, 0.15) is 18.0 Å². The topological polar surface area (TPSA) is 91.4 Å². The minimum absolute atomic E-state index is 0.154. The molecule has 5 nitrogen and oxygen atoms in total. The molecule has 4 rings (SSSR count). The van der Waals surface area contributed by atoms with E-state index in [-0.39, 0.29) is 5.82 Å². The second kappa shape index (κ2) is 7.47. The van der Waals surface area contributed by atoms with Crippen molar-refractivity contribution < 1.29 is 0 Å². The molecule has 152 valence electrons. The molecule has 31 heavy (non-hydrogen) atoms. The van der Waals surface area contributed by atoms with Gasteiger partial charge in [-0.2, -0.15) is 10.5 Å². The molecule has 0 bridgehead atoms. The zero-order valence-corrected chi connectivity index (χ0v) is 18.5. The van der Waals surface area contributed by atoms with E-state index in [1.165, 1.54) is 0 Å². The Balaban J connectivity index is 1.95. The molecule has 0 spiro atoms. The predicted octanol–water partition coefficient (Wildman–Crippen LogP) is 5.76. The Bertz CT molecular complexity index is 1390. The number of pyridine rings is 1. The first-order chi connectivity index (χ1) is 14.8. The summed E-state index contributed by atoms with van der Waals surface area (Å²) in [7, 11) is 0. The number of anilines is 1. The summed E-state index contributed by atoms with van der Waals surface area (Å²) in [5, 5.41) is 20.0. The molecule has 0 fully saturated rings. The van der Waals surface area contributed by atoms with Crippen molar-refractivity contribution in [2.75, 3.05) is 5.73 Å². The number of hydrogen-bond donors (Lipinski definition) is 1. The summed E-state index contributed by atoms with van der Waals surface area (Å²) < 4.78 is 2.16. The number of nitriles is 2. The smallest absolute Gasteiger partial charge is 0.142 e. The summed E-state index contributed by atoms with van der Waals surface area (Å²) in [4.78, 5) is 4.40. The Hall–Kier alpha value is -3.80. The van der Waals surface area contributed by atoms with Crippen molar-refractivity contribution in [3.05, 3.63) is 80.3 Å². The number of halogens is 1. The van der Waals surface area contributed by atoms with Crippen LogP contribution >= 0.6 is 11.6 Å². The average molecular weight is 426 g/mol. The predicted molar refractivity (Wildman–Crippen MR) is 124 cm³/mol. The van der Waals surface area contributed by atoms with Crippen LogP contribution in [0.1, 0.15) is 46.3 Å². The molecule has 0 amide bonds. The molecule has 2 heterocycles. The van der Waals surface area contributed by atoms with Gasteiger partial charge in [0.05, 0.1) is 16.8 Å². The normalized spacial score (nSPS) is 14.0. The first-order valence-electron chi connectivity index (χ1n) is 9.77. The van der Waals surface area contributed by atoms with Crippen LogP contribution < -0.4 is 5.73 Å². The fourth-order valence-electron chi connectivity index (χ4n) is 4.27. The van der Waals surface area contributed by atoms with Crippen molar-refractivity contribution in [2.24, 2.45) is 0 Å². The summed E-state index contributed by atoms with van der Waals surface area (Å²) >= 11 is 6.05. The highest BCUT2D eigenvalue weighted by Gasteiger charge is 2.30. The highest BCUT2D eigenvalue weighted by Crippen LogP contribution is 2.44. The highest BCUT2D eigenvalue weighted by atomic mass is 35.5. The van der Waals surface area contributed by atoms with Crippen LogP contribution in [-0.2, 0) is 0 Å². The quantitative estimate of drug-likeness (QED) is 0.565. The molecule has 0 atom stereocenters. The molecule has 0 aliphatic heterocycles. The van der Waals surface area contributed by atoms with Gasteiger partial charge in [-0.15, -0.1) is 0 Å². The number of nitrogens with zero attached hydrogens (tertiary/aromatic N) is 4. The molecular weight excluding hydrogens is 406 g/mol. The molecule has 0 saturated heterocycles. The van der Waals surface area contributed by atoms with Gasteiger partial charge in [0.15, 0.2) is 0 Å². The SMILES string of the molecule is CC1=C(C#N)c2nc(N)c(C#N)c(C)c2/C1=C/c1cc(C)n(-c2ccc(Cl)cc2)c1C. The maximum atomic E-state index is 9.75. The average Bonchev–Trinajstić information content (AvgIpc) is 3.16. The van der Waals surface area contributed by atoms with E-state index in [9.17, 15) is 10.5 Å². The first-order valence-corrected chi connectivity index (χ1v) is 10.1. The van der Waals surface area contributed by atoms with E-state index < -0.39 is 0 Å². The molecule has 0 unspecified atom stereocenters. The van der Waals surface area contributed by atoms with E-state index >= 15 is 0 Å². The third-order valence-electron chi connectivity index (χ3n) is 5.84. The number of fused-ring (bicyclic) bond motifs is 1. The zero-order chi connectivity index (χ0) is 22.4. The van der Waals surface area contributed by atoms with Crippen molar-refractivity contribution in [2.45, 2.75) is 27.7 Å². The van der Waals surface area contributed by atoms with Crippen LogP contribution in [0, 0.1) is 43.4 Å². The van der Waals surface area contributed by atoms with E-state index in [1.54, 1.807) is 0 Å². The van der Waals surface area contributed by atoms with Gasteiger partial charge in [-0.1, -0.05) is 11.6 Å². The van der Waals surface area contributed by atoms with Gasteiger partial charge in [-0.25, -0.2) is 4.98 Å². The van der Waals surface area contributed by atoms with E-state index in [0.717, 1.165) is 44.9 Å². The number of hydrogen-bond acceptors (Lipinski definition) is 4. The highest BCUT2D eigenvalue weighted by molar-refractivity contribution is 6.30. The lowest BCUT2D eigenvalue weighted by Gasteiger charge is -2.11. The second-order valence-corrected chi connectivity index (χ2v) is 8.08. The molecule has 6 heteroatoms. The van der Waals surface area contributed by atoms with Crippen LogP contribution in [0.15, 0.2) is 35.9 Å². The zero-order valence-electron chi connectivity index (χ0n) is 17.7. The maximum absolute atomic E-state index is 9.75. The molecule has 1 aromatic carbocycles. The summed E-state index contributed by atoms with van der Waals surface area (Å²) in [5.74, 6) is 0.154. The first kappa shape index (κ1) is 20.5.